The monoisotopic (exact) mass is 428 g/mol. The molecule has 0 saturated heterocycles. The molecular weight excluding hydrogens is 406 g/mol. The predicted octanol–water partition coefficient (Wildman–Crippen LogP) is 4.05. The van der Waals surface area contributed by atoms with Crippen molar-refractivity contribution in [3.05, 3.63) is 95.1 Å². The standard InChI is InChI=1S/C23H22F2N2O2S/c24-20-7-10-23(22(25)15-20)30(28,29)26-13-11-17-5-8-21(9-6-17)27-14-12-18-3-1-2-4-19(18)16-27/h1-10,15,26H,11-14,16H2. The van der Waals surface area contributed by atoms with E-state index in [1.807, 2.05) is 24.3 Å². The quantitative estimate of drug-likeness (QED) is 0.645. The molecule has 0 fully saturated rings. The SMILES string of the molecule is O=S(=O)(NCCc1ccc(N2CCc3ccccc3C2)cc1)c1ccc(F)cc1F. The number of benzene rings is 3. The van der Waals surface area contributed by atoms with Crippen LogP contribution < -0.4 is 9.62 Å². The number of anilines is 1. The second kappa shape index (κ2) is 8.53. The Hall–Kier alpha value is -2.77. The van der Waals surface area contributed by atoms with Crippen molar-refractivity contribution in [1.82, 2.24) is 4.72 Å². The Kier molecular flexibility index (Phi) is 5.83. The van der Waals surface area contributed by atoms with Crippen molar-refractivity contribution in [1.29, 1.82) is 0 Å². The van der Waals surface area contributed by atoms with Crippen molar-refractivity contribution in [2.45, 2.75) is 24.3 Å². The maximum Gasteiger partial charge on any atom is 0.243 e. The Bertz CT molecular complexity index is 1150. The molecular formula is C23H22F2N2O2S. The van der Waals surface area contributed by atoms with Crippen molar-refractivity contribution < 1.29 is 17.2 Å². The topological polar surface area (TPSA) is 49.4 Å². The molecule has 0 radical (unpaired) electrons. The third kappa shape index (κ3) is 4.52. The number of nitrogens with zero attached hydrogens (tertiary/aromatic N) is 1. The maximum atomic E-state index is 13.7. The van der Waals surface area contributed by atoms with Gasteiger partial charge in [-0.2, -0.15) is 0 Å². The predicted molar refractivity (Wildman–Crippen MR) is 113 cm³/mol. The summed E-state index contributed by atoms with van der Waals surface area (Å²) in [7, 11) is -4.03. The van der Waals surface area contributed by atoms with E-state index in [-0.39, 0.29) is 6.54 Å². The second-order valence-corrected chi connectivity index (χ2v) is 9.06. The van der Waals surface area contributed by atoms with E-state index in [1.54, 1.807) is 0 Å². The van der Waals surface area contributed by atoms with Gasteiger partial charge in [0.2, 0.25) is 10.0 Å². The molecule has 0 amide bonds. The lowest BCUT2D eigenvalue weighted by molar-refractivity contribution is 0.543. The molecule has 7 heteroatoms. The zero-order chi connectivity index (χ0) is 21.1. The van der Waals surface area contributed by atoms with Gasteiger partial charge in [-0.15, -0.1) is 0 Å². The highest BCUT2D eigenvalue weighted by Gasteiger charge is 2.19. The van der Waals surface area contributed by atoms with Gasteiger partial charge >= 0.3 is 0 Å². The highest BCUT2D eigenvalue weighted by Crippen LogP contribution is 2.24. The smallest absolute Gasteiger partial charge is 0.243 e. The van der Waals surface area contributed by atoms with Crippen molar-refractivity contribution in [3.63, 3.8) is 0 Å². The molecule has 4 rings (SSSR count). The van der Waals surface area contributed by atoms with Gasteiger partial charge in [0, 0.05) is 31.4 Å². The summed E-state index contributed by atoms with van der Waals surface area (Å²) in [6.45, 7) is 1.95. The van der Waals surface area contributed by atoms with E-state index >= 15 is 0 Å². The molecule has 0 aromatic heterocycles. The highest BCUT2D eigenvalue weighted by molar-refractivity contribution is 7.89. The number of rotatable bonds is 6. The van der Waals surface area contributed by atoms with Crippen LogP contribution in [0.4, 0.5) is 14.5 Å². The van der Waals surface area contributed by atoms with Crippen LogP contribution in [-0.2, 0) is 29.4 Å². The first kappa shape index (κ1) is 20.5. The average Bonchev–Trinajstić information content (AvgIpc) is 2.73. The molecule has 0 aliphatic carbocycles. The molecule has 0 atom stereocenters. The van der Waals surface area contributed by atoms with E-state index in [2.05, 4.69) is 33.9 Å². The number of hydrogen-bond donors (Lipinski definition) is 1. The van der Waals surface area contributed by atoms with E-state index in [1.165, 1.54) is 11.1 Å². The van der Waals surface area contributed by atoms with Crippen molar-refractivity contribution >= 4 is 15.7 Å². The molecule has 0 spiro atoms. The number of hydrogen-bond acceptors (Lipinski definition) is 3. The number of halogens is 2. The van der Waals surface area contributed by atoms with Crippen LogP contribution in [-0.4, -0.2) is 21.5 Å². The van der Waals surface area contributed by atoms with Crippen LogP contribution >= 0.6 is 0 Å². The van der Waals surface area contributed by atoms with Gasteiger partial charge in [-0.1, -0.05) is 36.4 Å². The third-order valence-electron chi connectivity index (χ3n) is 5.32. The summed E-state index contributed by atoms with van der Waals surface area (Å²) in [4.78, 5) is 1.77. The number of nitrogens with one attached hydrogen (secondary N) is 1. The summed E-state index contributed by atoms with van der Waals surface area (Å²) in [6.07, 6.45) is 1.48. The third-order valence-corrected chi connectivity index (χ3v) is 6.82. The summed E-state index contributed by atoms with van der Waals surface area (Å²) >= 11 is 0. The average molecular weight is 429 g/mol. The second-order valence-electron chi connectivity index (χ2n) is 7.33. The Morgan fingerprint density at radius 2 is 1.67 bits per heavy atom. The van der Waals surface area contributed by atoms with Gasteiger partial charge in [-0.3, -0.25) is 0 Å². The molecule has 3 aromatic carbocycles. The lowest BCUT2D eigenvalue weighted by Gasteiger charge is -2.30. The van der Waals surface area contributed by atoms with Crippen LogP contribution in [0.25, 0.3) is 0 Å². The summed E-state index contributed by atoms with van der Waals surface area (Å²) in [5.41, 5.74) is 4.84. The van der Waals surface area contributed by atoms with Crippen LogP contribution in [0, 0.1) is 11.6 Å². The Morgan fingerprint density at radius 1 is 0.933 bits per heavy atom. The Labute approximate surface area is 175 Å². The van der Waals surface area contributed by atoms with E-state index in [0.717, 1.165) is 42.9 Å². The molecule has 30 heavy (non-hydrogen) atoms. The molecule has 1 heterocycles. The summed E-state index contributed by atoms with van der Waals surface area (Å²) in [6, 6.07) is 18.9. The fourth-order valence-electron chi connectivity index (χ4n) is 3.69. The van der Waals surface area contributed by atoms with Crippen LogP contribution in [0.5, 0.6) is 0 Å². The maximum absolute atomic E-state index is 13.7. The van der Waals surface area contributed by atoms with Gasteiger partial charge in [0.25, 0.3) is 0 Å². The number of sulfonamides is 1. The largest absolute Gasteiger partial charge is 0.367 e. The van der Waals surface area contributed by atoms with Crippen molar-refractivity contribution in [2.24, 2.45) is 0 Å². The fourth-order valence-corrected chi connectivity index (χ4v) is 4.78. The number of fused-ring (bicyclic) bond motifs is 1. The van der Waals surface area contributed by atoms with Crippen LogP contribution in [0.3, 0.4) is 0 Å². The minimum atomic E-state index is -4.03. The zero-order valence-corrected chi connectivity index (χ0v) is 17.1. The lowest BCUT2D eigenvalue weighted by atomic mass is 9.99. The molecule has 1 N–H and O–H groups in total. The van der Waals surface area contributed by atoms with E-state index < -0.39 is 26.6 Å². The Balaban J connectivity index is 1.35. The summed E-state index contributed by atoms with van der Waals surface area (Å²) in [5, 5.41) is 0. The Morgan fingerprint density at radius 3 is 2.40 bits per heavy atom. The molecule has 0 bridgehead atoms. The van der Waals surface area contributed by atoms with E-state index in [4.69, 9.17) is 0 Å². The molecule has 4 nitrogen and oxygen atoms in total. The van der Waals surface area contributed by atoms with Gasteiger partial charge < -0.3 is 4.90 Å². The highest BCUT2D eigenvalue weighted by atomic mass is 32.2. The van der Waals surface area contributed by atoms with Gasteiger partial charge in [0.1, 0.15) is 16.5 Å². The van der Waals surface area contributed by atoms with Gasteiger partial charge in [0.15, 0.2) is 0 Å². The molecule has 1 aliphatic rings. The molecule has 156 valence electrons. The zero-order valence-electron chi connectivity index (χ0n) is 16.3. The van der Waals surface area contributed by atoms with Crippen LogP contribution in [0.15, 0.2) is 71.6 Å². The van der Waals surface area contributed by atoms with Crippen LogP contribution in [0.1, 0.15) is 16.7 Å². The van der Waals surface area contributed by atoms with Gasteiger partial charge in [-0.25, -0.2) is 21.9 Å². The minimum Gasteiger partial charge on any atom is -0.367 e. The van der Waals surface area contributed by atoms with E-state index in [9.17, 15) is 17.2 Å². The van der Waals surface area contributed by atoms with Crippen molar-refractivity contribution in [3.8, 4) is 0 Å². The summed E-state index contributed by atoms with van der Waals surface area (Å²) in [5.74, 6) is -1.92. The first-order chi connectivity index (χ1) is 14.4. The minimum absolute atomic E-state index is 0.121. The molecule has 3 aromatic rings. The summed E-state index contributed by atoms with van der Waals surface area (Å²) < 4.78 is 53.6. The first-order valence-corrected chi connectivity index (χ1v) is 11.3. The first-order valence-electron chi connectivity index (χ1n) is 9.78. The lowest BCUT2D eigenvalue weighted by Crippen LogP contribution is -2.30. The normalized spacial score (nSPS) is 13.9. The van der Waals surface area contributed by atoms with Crippen LogP contribution in [0.2, 0.25) is 0 Å². The molecule has 0 saturated carbocycles. The van der Waals surface area contributed by atoms with Gasteiger partial charge in [-0.05, 0) is 53.8 Å². The fraction of sp³-hybridized carbons (Fsp3) is 0.217. The van der Waals surface area contributed by atoms with Crippen molar-refractivity contribution in [2.75, 3.05) is 18.0 Å². The molecule has 0 unspecified atom stereocenters. The molecule has 1 aliphatic heterocycles. The van der Waals surface area contributed by atoms with Gasteiger partial charge in [0.05, 0.1) is 0 Å². The van der Waals surface area contributed by atoms with E-state index in [0.29, 0.717) is 12.5 Å².